The van der Waals surface area contributed by atoms with E-state index < -0.39 is 5.97 Å². The van der Waals surface area contributed by atoms with Gasteiger partial charge in [-0.25, -0.2) is 4.79 Å². The molecular weight excluding hydrogens is 328 g/mol. The van der Waals surface area contributed by atoms with Crippen LogP contribution in [0, 0.1) is 0 Å². The van der Waals surface area contributed by atoms with Crippen molar-refractivity contribution in [1.29, 1.82) is 0 Å². The fourth-order valence-electron chi connectivity index (χ4n) is 2.27. The van der Waals surface area contributed by atoms with Gasteiger partial charge in [-0.3, -0.25) is 9.69 Å². The molecule has 3 rings (SSSR count). The van der Waals surface area contributed by atoms with Gasteiger partial charge >= 0.3 is 5.97 Å². The molecule has 1 aliphatic rings. The maximum absolute atomic E-state index is 12.1. The summed E-state index contributed by atoms with van der Waals surface area (Å²) in [7, 11) is 0. The summed E-state index contributed by atoms with van der Waals surface area (Å²) in [6.07, 6.45) is 1.34. The monoisotopic (exact) mass is 344 g/mol. The Balaban J connectivity index is 1.75. The molecule has 24 heavy (non-hydrogen) atoms. The van der Waals surface area contributed by atoms with Crippen LogP contribution in [0.3, 0.4) is 0 Å². The van der Waals surface area contributed by atoms with Crippen LogP contribution in [0.15, 0.2) is 52.0 Å². The fourth-order valence-corrected chi connectivity index (χ4v) is 3.20. The van der Waals surface area contributed by atoms with E-state index in [9.17, 15) is 9.59 Å². The zero-order chi connectivity index (χ0) is 16.9. The third-order valence-electron chi connectivity index (χ3n) is 3.38. The number of hydrogen-bond donors (Lipinski definition) is 0. The van der Waals surface area contributed by atoms with Gasteiger partial charge in [0.05, 0.1) is 30.0 Å². The molecule has 6 nitrogen and oxygen atoms in total. The van der Waals surface area contributed by atoms with Crippen LogP contribution in [0.25, 0.3) is 11.3 Å². The Hall–Kier alpha value is -2.54. The molecule has 0 spiro atoms. The summed E-state index contributed by atoms with van der Waals surface area (Å²) in [6, 6.07) is 11.4. The molecule has 0 bridgehead atoms. The van der Waals surface area contributed by atoms with Gasteiger partial charge in [-0.05, 0) is 6.92 Å². The Labute approximate surface area is 143 Å². The van der Waals surface area contributed by atoms with Crippen molar-refractivity contribution >= 4 is 23.6 Å². The average Bonchev–Trinajstić information content (AvgIpc) is 3.18. The molecule has 7 heteroatoms. The van der Waals surface area contributed by atoms with E-state index in [1.165, 1.54) is 22.7 Å². The van der Waals surface area contributed by atoms with Crippen LogP contribution >= 0.6 is 11.8 Å². The highest BCUT2D eigenvalue weighted by atomic mass is 32.2. The number of carbonyl (C=O) groups is 2. The fraction of sp³-hybridized carbons (Fsp3) is 0.235. The molecule has 0 atom stereocenters. The molecular formula is C17H16N2O4S. The molecule has 2 aromatic rings. The van der Waals surface area contributed by atoms with Crippen molar-refractivity contribution in [2.75, 3.05) is 12.4 Å². The standard InChI is InChI=1S/C17H16N2O4S/c1-2-22-17(21)9-16-19(15(20)11-24-16)10-13-8-14(23-18-13)12-6-4-3-5-7-12/h3-9H,2,10-11H2,1H3. The molecule has 0 saturated carbocycles. The number of amides is 1. The largest absolute Gasteiger partial charge is 0.463 e. The van der Waals surface area contributed by atoms with E-state index in [1.54, 1.807) is 13.0 Å². The van der Waals surface area contributed by atoms with Gasteiger partial charge in [-0.1, -0.05) is 47.3 Å². The van der Waals surface area contributed by atoms with Crippen LogP contribution in [-0.4, -0.2) is 34.3 Å². The van der Waals surface area contributed by atoms with E-state index in [2.05, 4.69) is 5.16 Å². The van der Waals surface area contributed by atoms with Gasteiger partial charge in [0.2, 0.25) is 5.91 Å². The number of hydrogen-bond acceptors (Lipinski definition) is 6. The predicted octanol–water partition coefficient (Wildman–Crippen LogP) is 2.82. The van der Waals surface area contributed by atoms with E-state index in [1.807, 2.05) is 30.3 Å². The first kappa shape index (κ1) is 16.3. The van der Waals surface area contributed by atoms with E-state index in [-0.39, 0.29) is 12.5 Å². The van der Waals surface area contributed by atoms with E-state index in [4.69, 9.17) is 9.26 Å². The van der Waals surface area contributed by atoms with Crippen molar-refractivity contribution in [2.24, 2.45) is 0 Å². The van der Waals surface area contributed by atoms with Crippen LogP contribution in [0.5, 0.6) is 0 Å². The second-order valence-corrected chi connectivity index (χ2v) is 6.05. The third-order valence-corrected chi connectivity index (χ3v) is 4.40. The Morgan fingerprint density at radius 1 is 1.42 bits per heavy atom. The Morgan fingerprint density at radius 3 is 2.96 bits per heavy atom. The Bertz CT molecular complexity index is 770. The number of rotatable bonds is 5. The lowest BCUT2D eigenvalue weighted by molar-refractivity contribution is -0.137. The number of ether oxygens (including phenoxy) is 1. The second kappa shape index (κ2) is 7.35. The van der Waals surface area contributed by atoms with Crippen molar-refractivity contribution in [3.05, 3.63) is 53.2 Å². The van der Waals surface area contributed by atoms with E-state index in [0.717, 1.165) is 5.56 Å². The summed E-state index contributed by atoms with van der Waals surface area (Å²) in [5.41, 5.74) is 1.54. The van der Waals surface area contributed by atoms with Crippen LogP contribution in [0.1, 0.15) is 12.6 Å². The average molecular weight is 344 g/mol. The quantitative estimate of drug-likeness (QED) is 0.613. The first-order chi connectivity index (χ1) is 11.7. The zero-order valence-electron chi connectivity index (χ0n) is 13.1. The molecule has 1 aromatic carbocycles. The maximum Gasteiger partial charge on any atom is 0.333 e. The van der Waals surface area contributed by atoms with E-state index >= 15 is 0 Å². The minimum absolute atomic E-state index is 0.0696. The number of esters is 1. The molecule has 1 fully saturated rings. The summed E-state index contributed by atoms with van der Waals surface area (Å²) in [5, 5.41) is 4.59. The normalized spacial score (nSPS) is 16.0. The number of nitrogens with zero attached hydrogens (tertiary/aromatic N) is 2. The van der Waals surface area contributed by atoms with Crippen molar-refractivity contribution in [3.8, 4) is 11.3 Å². The van der Waals surface area contributed by atoms with Crippen LogP contribution in [0.4, 0.5) is 0 Å². The summed E-state index contributed by atoms with van der Waals surface area (Å²) in [5.74, 6) is 0.416. The van der Waals surface area contributed by atoms with Gasteiger partial charge < -0.3 is 9.26 Å². The molecule has 0 aliphatic carbocycles. The number of aromatic nitrogens is 1. The Morgan fingerprint density at radius 2 is 2.21 bits per heavy atom. The highest BCUT2D eigenvalue weighted by molar-refractivity contribution is 8.04. The van der Waals surface area contributed by atoms with E-state index in [0.29, 0.717) is 28.8 Å². The van der Waals surface area contributed by atoms with Gasteiger partial charge in [-0.2, -0.15) is 0 Å². The Kier molecular flexibility index (Phi) is 5.00. The molecule has 0 radical (unpaired) electrons. The summed E-state index contributed by atoms with van der Waals surface area (Å²) in [4.78, 5) is 25.2. The molecule has 1 amide bonds. The number of benzene rings is 1. The van der Waals surface area contributed by atoms with Gasteiger partial charge in [0.25, 0.3) is 0 Å². The van der Waals surface area contributed by atoms with Crippen molar-refractivity contribution in [1.82, 2.24) is 10.1 Å². The van der Waals surface area contributed by atoms with Crippen molar-refractivity contribution in [2.45, 2.75) is 13.5 Å². The third kappa shape index (κ3) is 3.68. The van der Waals surface area contributed by atoms with Crippen LogP contribution in [-0.2, 0) is 20.9 Å². The molecule has 0 unspecified atom stereocenters. The second-order valence-electron chi connectivity index (χ2n) is 5.05. The first-order valence-electron chi connectivity index (χ1n) is 7.50. The highest BCUT2D eigenvalue weighted by Crippen LogP contribution is 2.31. The molecule has 2 heterocycles. The minimum atomic E-state index is -0.454. The molecule has 124 valence electrons. The molecule has 1 saturated heterocycles. The lowest BCUT2D eigenvalue weighted by atomic mass is 10.1. The maximum atomic E-state index is 12.1. The SMILES string of the molecule is CCOC(=O)C=C1SCC(=O)N1Cc1cc(-c2ccccc2)on1. The lowest BCUT2D eigenvalue weighted by Crippen LogP contribution is -2.24. The number of thioether (sulfide) groups is 1. The predicted molar refractivity (Wildman–Crippen MR) is 89.7 cm³/mol. The topological polar surface area (TPSA) is 72.6 Å². The van der Waals surface area contributed by atoms with Gasteiger partial charge in [0.15, 0.2) is 5.76 Å². The van der Waals surface area contributed by atoms with Crippen LogP contribution < -0.4 is 0 Å². The smallest absolute Gasteiger partial charge is 0.333 e. The minimum Gasteiger partial charge on any atom is -0.463 e. The van der Waals surface area contributed by atoms with Gasteiger partial charge in [0.1, 0.15) is 5.69 Å². The molecule has 1 aliphatic heterocycles. The van der Waals surface area contributed by atoms with Gasteiger partial charge in [-0.15, -0.1) is 0 Å². The summed E-state index contributed by atoms with van der Waals surface area (Å²) >= 11 is 1.31. The number of carbonyl (C=O) groups excluding carboxylic acids is 2. The van der Waals surface area contributed by atoms with Gasteiger partial charge in [0, 0.05) is 11.6 Å². The summed E-state index contributed by atoms with van der Waals surface area (Å²) in [6.45, 7) is 2.29. The molecule has 0 N–H and O–H groups in total. The molecule has 1 aromatic heterocycles. The zero-order valence-corrected chi connectivity index (χ0v) is 13.9. The van der Waals surface area contributed by atoms with Crippen molar-refractivity contribution < 1.29 is 18.8 Å². The van der Waals surface area contributed by atoms with Crippen LogP contribution in [0.2, 0.25) is 0 Å². The van der Waals surface area contributed by atoms with Crippen molar-refractivity contribution in [3.63, 3.8) is 0 Å². The lowest BCUT2D eigenvalue weighted by Gasteiger charge is -2.14. The first-order valence-corrected chi connectivity index (χ1v) is 8.48. The summed E-state index contributed by atoms with van der Waals surface area (Å²) < 4.78 is 10.2. The highest BCUT2D eigenvalue weighted by Gasteiger charge is 2.28.